The zero-order valence-electron chi connectivity index (χ0n) is 18.6. The molecule has 2 N–H and O–H groups in total. The fourth-order valence-electron chi connectivity index (χ4n) is 4.14. The Balaban J connectivity index is 1.80. The molecule has 0 fully saturated rings. The zero-order chi connectivity index (χ0) is 26.1. The molecule has 0 amide bonds. The molecule has 0 aliphatic heterocycles. The van der Waals surface area contributed by atoms with E-state index >= 15 is 0 Å². The summed E-state index contributed by atoms with van der Waals surface area (Å²) in [6, 6.07) is 17.6. The lowest BCUT2D eigenvalue weighted by atomic mass is 10.0. The molecule has 0 spiro atoms. The average molecular weight is 506 g/mol. The minimum Gasteiger partial charge on any atom is -0.481 e. The van der Waals surface area contributed by atoms with Crippen molar-refractivity contribution < 1.29 is 36.2 Å². The minimum atomic E-state index is -4.97. The van der Waals surface area contributed by atoms with Crippen LogP contribution in [0.4, 0.5) is 32.2 Å². The number of carboxylic acid groups (broad SMARTS) is 1. The van der Waals surface area contributed by atoms with E-state index in [1.54, 1.807) is 28.8 Å². The molecule has 4 rings (SSSR count). The third-order valence-electron chi connectivity index (χ3n) is 5.69. The van der Waals surface area contributed by atoms with E-state index in [1.165, 1.54) is 0 Å². The Hall–Kier alpha value is -3.95. The second-order valence-corrected chi connectivity index (χ2v) is 8.25. The van der Waals surface area contributed by atoms with Crippen LogP contribution in [0.25, 0.3) is 10.9 Å². The van der Waals surface area contributed by atoms with E-state index in [-0.39, 0.29) is 24.6 Å². The summed E-state index contributed by atoms with van der Waals surface area (Å²) in [7, 11) is 0. The first-order chi connectivity index (χ1) is 16.9. The van der Waals surface area contributed by atoms with E-state index < -0.39 is 29.4 Å². The van der Waals surface area contributed by atoms with Crippen molar-refractivity contribution in [1.82, 2.24) is 4.57 Å². The summed E-state index contributed by atoms with van der Waals surface area (Å²) in [6.45, 7) is -0.0789. The summed E-state index contributed by atoms with van der Waals surface area (Å²) in [5, 5.41) is 13.1. The summed E-state index contributed by atoms with van der Waals surface area (Å²) in [4.78, 5) is 11.6. The van der Waals surface area contributed by atoms with Crippen LogP contribution in [0.5, 0.6) is 0 Å². The summed E-state index contributed by atoms with van der Waals surface area (Å²) in [6.07, 6.45) is -10.3. The van der Waals surface area contributed by atoms with Gasteiger partial charge in [0.15, 0.2) is 0 Å². The van der Waals surface area contributed by atoms with Gasteiger partial charge in [0.2, 0.25) is 0 Å². The number of alkyl halides is 6. The normalized spacial score (nSPS) is 12.2. The molecule has 1 aromatic heterocycles. The van der Waals surface area contributed by atoms with Gasteiger partial charge < -0.3 is 15.0 Å². The summed E-state index contributed by atoms with van der Waals surface area (Å²) < 4.78 is 81.6. The molecule has 0 aliphatic carbocycles. The first-order valence-corrected chi connectivity index (χ1v) is 10.8. The van der Waals surface area contributed by atoms with E-state index in [9.17, 15) is 36.2 Å². The minimum absolute atomic E-state index is 0.0752. The van der Waals surface area contributed by atoms with Crippen LogP contribution in [0.3, 0.4) is 0 Å². The molecule has 4 nitrogen and oxygen atoms in total. The van der Waals surface area contributed by atoms with Crippen molar-refractivity contribution in [2.24, 2.45) is 0 Å². The Morgan fingerprint density at radius 1 is 0.806 bits per heavy atom. The SMILES string of the molecule is O=C(O)Cc1c(NCc2cc(C(F)(F)F)cc(C(F)(F)F)c2)n(Cc2ccccc2)c2ccccc12. The van der Waals surface area contributed by atoms with Crippen LogP contribution in [0.15, 0.2) is 72.8 Å². The van der Waals surface area contributed by atoms with Crippen LogP contribution in [0.1, 0.15) is 27.8 Å². The molecule has 0 unspecified atom stereocenters. The van der Waals surface area contributed by atoms with Crippen molar-refractivity contribution in [3.8, 4) is 0 Å². The number of aromatic nitrogens is 1. The molecule has 188 valence electrons. The highest BCUT2D eigenvalue weighted by molar-refractivity contribution is 5.93. The Kier molecular flexibility index (Phi) is 6.71. The Morgan fingerprint density at radius 3 is 1.97 bits per heavy atom. The quantitative estimate of drug-likeness (QED) is 0.266. The van der Waals surface area contributed by atoms with E-state index in [0.717, 1.165) is 5.56 Å². The van der Waals surface area contributed by atoms with Crippen molar-refractivity contribution in [3.05, 3.63) is 101 Å². The predicted molar refractivity (Wildman–Crippen MR) is 123 cm³/mol. The molecule has 0 saturated carbocycles. The van der Waals surface area contributed by atoms with Gasteiger partial charge in [-0.2, -0.15) is 26.3 Å². The lowest BCUT2D eigenvalue weighted by Gasteiger charge is -2.17. The van der Waals surface area contributed by atoms with Gasteiger partial charge in [-0.1, -0.05) is 48.5 Å². The molecule has 0 bridgehead atoms. The van der Waals surface area contributed by atoms with Gasteiger partial charge in [-0.15, -0.1) is 0 Å². The number of benzene rings is 3. The number of aliphatic carboxylic acids is 1. The standard InChI is InChI=1S/C26H20F6N2O2/c27-25(28,29)18-10-17(11-19(12-18)26(30,31)32)14-33-24-21(13-23(35)36)20-8-4-5-9-22(20)34(24)15-16-6-2-1-3-7-16/h1-12,33H,13-15H2,(H,35,36). The zero-order valence-corrected chi connectivity index (χ0v) is 18.6. The third kappa shape index (κ3) is 5.48. The van der Waals surface area contributed by atoms with Crippen molar-refractivity contribution in [1.29, 1.82) is 0 Å². The maximum atomic E-state index is 13.3. The molecule has 0 saturated heterocycles. The predicted octanol–water partition coefficient (Wildman–Crippen LogP) is 6.97. The van der Waals surface area contributed by atoms with Gasteiger partial charge in [0, 0.05) is 24.0 Å². The number of rotatable bonds is 7. The first kappa shape index (κ1) is 25.2. The van der Waals surface area contributed by atoms with Crippen molar-refractivity contribution in [2.45, 2.75) is 31.9 Å². The number of hydrogen-bond donors (Lipinski definition) is 2. The van der Waals surface area contributed by atoms with E-state index in [0.29, 0.717) is 41.0 Å². The van der Waals surface area contributed by atoms with Crippen molar-refractivity contribution in [3.63, 3.8) is 0 Å². The van der Waals surface area contributed by atoms with Crippen LogP contribution in [-0.2, 0) is 36.7 Å². The smallest absolute Gasteiger partial charge is 0.416 e. The van der Waals surface area contributed by atoms with Crippen LogP contribution in [0.2, 0.25) is 0 Å². The van der Waals surface area contributed by atoms with E-state index in [4.69, 9.17) is 0 Å². The van der Waals surface area contributed by atoms with Crippen LogP contribution in [-0.4, -0.2) is 15.6 Å². The fraction of sp³-hybridized carbons (Fsp3) is 0.192. The lowest BCUT2D eigenvalue weighted by Crippen LogP contribution is -2.14. The monoisotopic (exact) mass is 506 g/mol. The van der Waals surface area contributed by atoms with Crippen molar-refractivity contribution >= 4 is 22.7 Å². The third-order valence-corrected chi connectivity index (χ3v) is 5.69. The summed E-state index contributed by atoms with van der Waals surface area (Å²) in [5.74, 6) is -0.812. The molecule has 0 radical (unpaired) electrons. The van der Waals surface area contributed by atoms with Gasteiger partial charge in [0.25, 0.3) is 0 Å². The van der Waals surface area contributed by atoms with Gasteiger partial charge in [-0.3, -0.25) is 4.79 Å². The number of hydrogen-bond acceptors (Lipinski definition) is 2. The van der Waals surface area contributed by atoms with Crippen LogP contribution in [0, 0.1) is 0 Å². The van der Waals surface area contributed by atoms with Gasteiger partial charge in [-0.05, 0) is 35.4 Å². The topological polar surface area (TPSA) is 54.3 Å². The molecule has 3 aromatic carbocycles. The molecule has 0 atom stereocenters. The Labute approximate surface area is 201 Å². The maximum Gasteiger partial charge on any atom is 0.416 e. The van der Waals surface area contributed by atoms with Gasteiger partial charge >= 0.3 is 18.3 Å². The van der Waals surface area contributed by atoms with Crippen molar-refractivity contribution in [2.75, 3.05) is 5.32 Å². The van der Waals surface area contributed by atoms with E-state index in [2.05, 4.69) is 5.32 Å². The second-order valence-electron chi connectivity index (χ2n) is 8.25. The largest absolute Gasteiger partial charge is 0.481 e. The number of anilines is 1. The number of halogens is 6. The molecule has 36 heavy (non-hydrogen) atoms. The summed E-state index contributed by atoms with van der Waals surface area (Å²) >= 11 is 0. The van der Waals surface area contributed by atoms with Crippen LogP contribution >= 0.6 is 0 Å². The molecule has 1 heterocycles. The first-order valence-electron chi connectivity index (χ1n) is 10.8. The Bertz CT molecular complexity index is 1360. The molecular weight excluding hydrogens is 486 g/mol. The number of para-hydroxylation sites is 1. The molecule has 4 aromatic rings. The molecule has 0 aliphatic rings. The number of carbonyl (C=O) groups is 1. The molecular formula is C26H20F6N2O2. The highest BCUT2D eigenvalue weighted by Gasteiger charge is 2.37. The average Bonchev–Trinajstić information content (AvgIpc) is 3.09. The second kappa shape index (κ2) is 9.60. The summed E-state index contributed by atoms with van der Waals surface area (Å²) in [5.41, 5.74) is -1.12. The maximum absolute atomic E-state index is 13.3. The van der Waals surface area contributed by atoms with Gasteiger partial charge in [0.05, 0.1) is 23.1 Å². The number of carboxylic acids is 1. The van der Waals surface area contributed by atoms with Gasteiger partial charge in [-0.25, -0.2) is 0 Å². The number of nitrogens with zero attached hydrogens (tertiary/aromatic N) is 1. The fourth-order valence-corrected chi connectivity index (χ4v) is 4.14. The number of nitrogens with one attached hydrogen (secondary N) is 1. The number of fused-ring (bicyclic) bond motifs is 1. The van der Waals surface area contributed by atoms with E-state index in [1.807, 2.05) is 30.3 Å². The van der Waals surface area contributed by atoms with Crippen LogP contribution < -0.4 is 5.32 Å². The highest BCUT2D eigenvalue weighted by Crippen LogP contribution is 2.37. The highest BCUT2D eigenvalue weighted by atomic mass is 19.4. The molecule has 10 heteroatoms. The van der Waals surface area contributed by atoms with Gasteiger partial charge in [0.1, 0.15) is 5.82 Å². The Morgan fingerprint density at radius 2 is 1.39 bits per heavy atom. The lowest BCUT2D eigenvalue weighted by molar-refractivity contribution is -0.143.